The number of fused-ring (bicyclic) bond motifs is 1. The zero-order chi connectivity index (χ0) is 23.4. The highest BCUT2D eigenvalue weighted by Gasteiger charge is 2.29. The Kier molecular flexibility index (Phi) is 6.46. The van der Waals surface area contributed by atoms with Gasteiger partial charge in [-0.25, -0.2) is 13.2 Å². The molecule has 0 saturated carbocycles. The molecule has 0 aliphatic carbocycles. The highest BCUT2D eigenvalue weighted by Crippen LogP contribution is 2.31. The number of carbonyl (C=O) groups excluding carboxylic acids is 2. The fraction of sp³-hybridized carbons (Fsp3) is 0.200. The van der Waals surface area contributed by atoms with Crippen LogP contribution in [0.2, 0.25) is 0 Å². The summed E-state index contributed by atoms with van der Waals surface area (Å²) in [4.78, 5) is 24.9. The summed E-state index contributed by atoms with van der Waals surface area (Å²) >= 11 is 0. The average molecular weight is 466 g/mol. The lowest BCUT2D eigenvalue weighted by Crippen LogP contribution is -2.35. The predicted octanol–water partition coefficient (Wildman–Crippen LogP) is 3.88. The Morgan fingerprint density at radius 2 is 1.64 bits per heavy atom. The summed E-state index contributed by atoms with van der Waals surface area (Å²) in [5, 5.41) is 0. The van der Waals surface area contributed by atoms with E-state index in [-0.39, 0.29) is 10.5 Å². The summed E-state index contributed by atoms with van der Waals surface area (Å²) in [5.74, 6) is -0.721. The van der Waals surface area contributed by atoms with Crippen LogP contribution in [-0.2, 0) is 21.2 Å². The van der Waals surface area contributed by atoms with Crippen LogP contribution in [0, 0.1) is 0 Å². The van der Waals surface area contributed by atoms with Crippen molar-refractivity contribution < 1.29 is 27.5 Å². The number of ketones is 1. The van der Waals surface area contributed by atoms with Crippen LogP contribution in [0.4, 0.5) is 5.69 Å². The van der Waals surface area contributed by atoms with Crippen molar-refractivity contribution in [3.05, 3.63) is 89.5 Å². The third-order valence-electron chi connectivity index (χ3n) is 5.49. The minimum Gasteiger partial charge on any atom is -0.496 e. The molecule has 0 amide bonds. The third-order valence-corrected chi connectivity index (χ3v) is 7.31. The smallest absolute Gasteiger partial charge is 0.338 e. The quantitative estimate of drug-likeness (QED) is 0.389. The van der Waals surface area contributed by atoms with Crippen molar-refractivity contribution in [3.63, 3.8) is 0 Å². The zero-order valence-corrected chi connectivity index (χ0v) is 18.9. The number of para-hydroxylation sites is 2. The molecule has 1 aliphatic rings. The fourth-order valence-electron chi connectivity index (χ4n) is 3.81. The number of rotatable bonds is 7. The molecule has 8 heteroatoms. The molecule has 3 aromatic carbocycles. The van der Waals surface area contributed by atoms with Crippen LogP contribution in [0.1, 0.15) is 32.7 Å². The average Bonchev–Trinajstić information content (AvgIpc) is 2.86. The molecule has 0 radical (unpaired) electrons. The van der Waals surface area contributed by atoms with Gasteiger partial charge in [0.15, 0.2) is 6.61 Å². The molecule has 0 bridgehead atoms. The molecule has 0 fully saturated rings. The van der Waals surface area contributed by atoms with Crippen LogP contribution < -0.4 is 9.04 Å². The lowest BCUT2D eigenvalue weighted by molar-refractivity contribution is 0.0474. The van der Waals surface area contributed by atoms with Crippen molar-refractivity contribution in [1.29, 1.82) is 0 Å². The van der Waals surface area contributed by atoms with Gasteiger partial charge in [0.05, 0.1) is 28.8 Å². The van der Waals surface area contributed by atoms with Crippen molar-refractivity contribution in [2.24, 2.45) is 0 Å². The topological polar surface area (TPSA) is 90.0 Å². The first-order chi connectivity index (χ1) is 15.9. The van der Waals surface area contributed by atoms with E-state index >= 15 is 0 Å². The van der Waals surface area contributed by atoms with Crippen LogP contribution in [0.5, 0.6) is 5.75 Å². The van der Waals surface area contributed by atoms with E-state index in [9.17, 15) is 18.0 Å². The van der Waals surface area contributed by atoms with Crippen molar-refractivity contribution in [1.82, 2.24) is 0 Å². The van der Waals surface area contributed by atoms with Crippen LogP contribution in [-0.4, -0.2) is 40.4 Å². The monoisotopic (exact) mass is 465 g/mol. The second kappa shape index (κ2) is 9.46. The summed E-state index contributed by atoms with van der Waals surface area (Å²) in [6.45, 7) is -0.0575. The van der Waals surface area contributed by atoms with Crippen LogP contribution in [0.15, 0.2) is 77.7 Å². The second-order valence-electron chi connectivity index (χ2n) is 7.53. The number of sulfonamides is 1. The Balaban J connectivity index is 1.46. The van der Waals surface area contributed by atoms with Crippen molar-refractivity contribution in [2.75, 3.05) is 24.6 Å². The number of carbonyl (C=O) groups is 2. The Morgan fingerprint density at radius 3 is 2.39 bits per heavy atom. The van der Waals surface area contributed by atoms with E-state index in [1.165, 1.54) is 35.7 Å². The molecule has 1 heterocycles. The lowest BCUT2D eigenvalue weighted by Gasteiger charge is -2.30. The Labute approximate surface area is 192 Å². The summed E-state index contributed by atoms with van der Waals surface area (Å²) in [7, 11) is -2.32. The molecular weight excluding hydrogens is 442 g/mol. The van der Waals surface area contributed by atoms with Gasteiger partial charge in [-0.2, -0.15) is 0 Å². The van der Waals surface area contributed by atoms with Gasteiger partial charge in [-0.1, -0.05) is 30.3 Å². The minimum atomic E-state index is -3.77. The molecule has 170 valence electrons. The molecule has 0 atom stereocenters. The number of methoxy groups -OCH3 is 1. The highest BCUT2D eigenvalue weighted by atomic mass is 32.2. The Hall–Kier alpha value is -3.65. The molecule has 1 aliphatic heterocycles. The SMILES string of the molecule is COc1ccccc1C(=O)COC(=O)c1ccc(S(=O)(=O)N2CCCc3ccccc32)cc1. The molecule has 33 heavy (non-hydrogen) atoms. The maximum atomic E-state index is 13.2. The van der Waals surface area contributed by atoms with Gasteiger partial charge in [0.2, 0.25) is 5.78 Å². The third kappa shape index (κ3) is 4.61. The van der Waals surface area contributed by atoms with Gasteiger partial charge in [-0.05, 0) is 60.9 Å². The van der Waals surface area contributed by atoms with Crippen LogP contribution in [0.3, 0.4) is 0 Å². The van der Waals surface area contributed by atoms with Crippen molar-refractivity contribution >= 4 is 27.5 Å². The van der Waals surface area contributed by atoms with Gasteiger partial charge >= 0.3 is 5.97 Å². The molecule has 3 aromatic rings. The molecule has 0 saturated heterocycles. The minimum absolute atomic E-state index is 0.0841. The summed E-state index contributed by atoms with van der Waals surface area (Å²) in [6, 6.07) is 19.7. The molecule has 4 rings (SSSR count). The summed E-state index contributed by atoms with van der Waals surface area (Å²) in [6.07, 6.45) is 1.57. The zero-order valence-electron chi connectivity index (χ0n) is 18.1. The number of benzene rings is 3. The number of Topliss-reactive ketones (excluding diaryl/α,β-unsaturated/α-hetero) is 1. The lowest BCUT2D eigenvalue weighted by atomic mass is 10.0. The number of ether oxygens (including phenoxy) is 2. The van der Waals surface area contributed by atoms with E-state index in [0.29, 0.717) is 23.5 Å². The van der Waals surface area contributed by atoms with E-state index in [1.54, 1.807) is 30.3 Å². The number of hydrogen-bond acceptors (Lipinski definition) is 6. The summed E-state index contributed by atoms with van der Waals surface area (Å²) < 4.78 is 38.1. The van der Waals surface area contributed by atoms with E-state index in [2.05, 4.69) is 0 Å². The maximum Gasteiger partial charge on any atom is 0.338 e. The molecule has 7 nitrogen and oxygen atoms in total. The van der Waals surface area contributed by atoms with Crippen LogP contribution >= 0.6 is 0 Å². The second-order valence-corrected chi connectivity index (χ2v) is 9.40. The molecule has 0 spiro atoms. The van der Waals surface area contributed by atoms with Gasteiger partial charge in [0, 0.05) is 6.54 Å². The van der Waals surface area contributed by atoms with E-state index in [4.69, 9.17) is 9.47 Å². The first-order valence-electron chi connectivity index (χ1n) is 10.5. The number of nitrogens with zero attached hydrogens (tertiary/aromatic N) is 1. The number of aryl methyl sites for hydroxylation is 1. The Bertz CT molecular complexity index is 1280. The van der Waals surface area contributed by atoms with Crippen LogP contribution in [0.25, 0.3) is 0 Å². The molecule has 0 unspecified atom stereocenters. The van der Waals surface area contributed by atoms with E-state index < -0.39 is 28.4 Å². The van der Waals surface area contributed by atoms with Crippen molar-refractivity contribution in [2.45, 2.75) is 17.7 Å². The number of anilines is 1. The van der Waals surface area contributed by atoms with Gasteiger partial charge in [0.1, 0.15) is 5.75 Å². The largest absolute Gasteiger partial charge is 0.496 e. The number of hydrogen-bond donors (Lipinski definition) is 0. The molecule has 0 N–H and O–H groups in total. The Morgan fingerprint density at radius 1 is 0.939 bits per heavy atom. The maximum absolute atomic E-state index is 13.2. The first-order valence-corrected chi connectivity index (χ1v) is 11.9. The highest BCUT2D eigenvalue weighted by molar-refractivity contribution is 7.92. The fourth-order valence-corrected chi connectivity index (χ4v) is 5.35. The number of esters is 1. The van der Waals surface area contributed by atoms with E-state index in [1.807, 2.05) is 18.2 Å². The van der Waals surface area contributed by atoms with Gasteiger partial charge in [0.25, 0.3) is 10.0 Å². The van der Waals surface area contributed by atoms with Gasteiger partial charge in [-0.3, -0.25) is 9.10 Å². The standard InChI is InChI=1S/C25H23NO6S/c1-31-24-11-5-3-9-21(24)23(27)17-32-25(28)19-12-14-20(15-13-19)33(29,30)26-16-6-8-18-7-2-4-10-22(18)26/h2-5,7,9-15H,6,8,16-17H2,1H3. The first kappa shape index (κ1) is 22.5. The van der Waals surface area contributed by atoms with Crippen molar-refractivity contribution in [3.8, 4) is 5.75 Å². The normalized spacial score (nSPS) is 13.2. The van der Waals surface area contributed by atoms with Gasteiger partial charge in [-0.15, -0.1) is 0 Å². The van der Waals surface area contributed by atoms with E-state index in [0.717, 1.165) is 18.4 Å². The molecule has 0 aromatic heterocycles. The van der Waals surface area contributed by atoms with Gasteiger partial charge < -0.3 is 9.47 Å². The predicted molar refractivity (Wildman–Crippen MR) is 123 cm³/mol. The summed E-state index contributed by atoms with van der Waals surface area (Å²) in [5.41, 5.74) is 2.14. The molecular formula is C25H23NO6S.